The second-order valence-electron chi connectivity index (χ2n) is 13.0. The Bertz CT molecular complexity index is 2780. The van der Waals surface area contributed by atoms with Gasteiger partial charge in [0, 0.05) is 53.7 Å². The Hall–Kier alpha value is -6.42. The lowest BCUT2D eigenvalue weighted by atomic mass is 10.0. The Morgan fingerprint density at radius 1 is 0.373 bits per heavy atom. The van der Waals surface area contributed by atoms with E-state index >= 15 is 0 Å². The number of rotatable bonds is 6. The van der Waals surface area contributed by atoms with Crippen LogP contribution in [-0.4, -0.2) is 4.57 Å². The van der Waals surface area contributed by atoms with Gasteiger partial charge < -0.3 is 9.47 Å². The van der Waals surface area contributed by atoms with E-state index in [-0.39, 0.29) is 0 Å². The molecule has 10 rings (SSSR count). The van der Waals surface area contributed by atoms with E-state index in [4.69, 9.17) is 0 Å². The molecule has 0 bridgehead atoms. The highest BCUT2D eigenvalue weighted by Crippen LogP contribution is 2.45. The van der Waals surface area contributed by atoms with Crippen molar-refractivity contribution in [3.63, 3.8) is 0 Å². The molecule has 240 valence electrons. The number of fused-ring (bicyclic) bond motifs is 7. The van der Waals surface area contributed by atoms with Crippen LogP contribution in [0, 0.1) is 0 Å². The molecule has 0 aliphatic rings. The summed E-state index contributed by atoms with van der Waals surface area (Å²) >= 11 is 1.88. The second-order valence-corrected chi connectivity index (χ2v) is 14.1. The first-order valence-electron chi connectivity index (χ1n) is 17.4. The first kappa shape index (κ1) is 29.5. The number of hydrogen-bond donors (Lipinski definition) is 0. The summed E-state index contributed by atoms with van der Waals surface area (Å²) in [6.45, 7) is 0. The van der Waals surface area contributed by atoms with Gasteiger partial charge in [0.1, 0.15) is 0 Å². The van der Waals surface area contributed by atoms with Crippen LogP contribution in [0.5, 0.6) is 0 Å². The number of hydrogen-bond acceptors (Lipinski definition) is 2. The summed E-state index contributed by atoms with van der Waals surface area (Å²) in [5.41, 5.74) is 11.9. The third kappa shape index (κ3) is 5.01. The van der Waals surface area contributed by atoms with Crippen molar-refractivity contribution in [1.82, 2.24) is 4.57 Å². The molecule has 3 heteroatoms. The van der Waals surface area contributed by atoms with Gasteiger partial charge in [0.2, 0.25) is 0 Å². The molecule has 0 N–H and O–H groups in total. The fraction of sp³-hybridized carbons (Fsp3) is 0. The van der Waals surface area contributed by atoms with Crippen LogP contribution < -0.4 is 4.90 Å². The third-order valence-electron chi connectivity index (χ3n) is 9.97. The zero-order chi connectivity index (χ0) is 33.7. The molecular weight excluding hydrogens is 637 g/mol. The molecule has 0 saturated heterocycles. The average molecular weight is 669 g/mol. The first-order valence-corrected chi connectivity index (χ1v) is 18.2. The molecule has 0 amide bonds. The molecule has 0 spiro atoms. The van der Waals surface area contributed by atoms with E-state index in [9.17, 15) is 0 Å². The first-order chi connectivity index (χ1) is 25.3. The number of aromatic nitrogens is 1. The van der Waals surface area contributed by atoms with E-state index in [0.29, 0.717) is 0 Å². The molecule has 51 heavy (non-hydrogen) atoms. The maximum Gasteiger partial charge on any atom is 0.0634 e. The number of benzene rings is 8. The Balaban J connectivity index is 1.16. The van der Waals surface area contributed by atoms with E-state index in [0.717, 1.165) is 17.1 Å². The predicted molar refractivity (Wildman–Crippen MR) is 219 cm³/mol. The lowest BCUT2D eigenvalue weighted by Crippen LogP contribution is -2.09. The van der Waals surface area contributed by atoms with E-state index in [1.54, 1.807) is 0 Å². The van der Waals surface area contributed by atoms with E-state index in [1.165, 1.54) is 69.9 Å². The van der Waals surface area contributed by atoms with Gasteiger partial charge in [0.15, 0.2) is 0 Å². The number of para-hydroxylation sites is 3. The molecule has 8 aromatic carbocycles. The van der Waals surface area contributed by atoms with Crippen molar-refractivity contribution in [3.8, 4) is 27.9 Å². The molecule has 0 aliphatic heterocycles. The summed E-state index contributed by atoms with van der Waals surface area (Å²) in [6, 6.07) is 70.2. The SMILES string of the molecule is c1ccc(-c2ccc3sc4ccc5c6cc(-c7ccc(N(c8ccccc8)c8ccccc8)cc7)ccc6n(-c6ccccc6)c5c4c3c2)cc1. The molecule has 0 atom stereocenters. The van der Waals surface area contributed by atoms with Crippen LogP contribution in [-0.2, 0) is 0 Å². The fourth-order valence-corrected chi connectivity index (χ4v) is 8.70. The summed E-state index contributed by atoms with van der Waals surface area (Å²) in [4.78, 5) is 2.31. The van der Waals surface area contributed by atoms with Crippen molar-refractivity contribution < 1.29 is 0 Å². The summed E-state index contributed by atoms with van der Waals surface area (Å²) in [5, 5.41) is 5.15. The van der Waals surface area contributed by atoms with E-state index < -0.39 is 0 Å². The van der Waals surface area contributed by atoms with Crippen LogP contribution in [0.3, 0.4) is 0 Å². The van der Waals surface area contributed by atoms with Crippen molar-refractivity contribution in [2.24, 2.45) is 0 Å². The Kier molecular flexibility index (Phi) is 7.04. The highest BCUT2D eigenvalue weighted by atomic mass is 32.1. The third-order valence-corrected chi connectivity index (χ3v) is 11.1. The van der Waals surface area contributed by atoms with Crippen molar-refractivity contribution in [3.05, 3.63) is 194 Å². The van der Waals surface area contributed by atoms with Gasteiger partial charge in [-0.15, -0.1) is 11.3 Å². The maximum absolute atomic E-state index is 2.47. The van der Waals surface area contributed by atoms with Gasteiger partial charge in [-0.1, -0.05) is 115 Å². The topological polar surface area (TPSA) is 8.17 Å². The smallest absolute Gasteiger partial charge is 0.0634 e. The van der Waals surface area contributed by atoms with Crippen molar-refractivity contribution >= 4 is 70.4 Å². The van der Waals surface area contributed by atoms with Crippen molar-refractivity contribution in [2.45, 2.75) is 0 Å². The van der Waals surface area contributed by atoms with Crippen LogP contribution in [0.25, 0.3) is 69.9 Å². The van der Waals surface area contributed by atoms with Gasteiger partial charge in [-0.05, 0) is 101 Å². The molecule has 2 nitrogen and oxygen atoms in total. The van der Waals surface area contributed by atoms with Crippen LogP contribution in [0.15, 0.2) is 194 Å². The maximum atomic E-state index is 2.47. The molecule has 0 fully saturated rings. The largest absolute Gasteiger partial charge is 0.311 e. The normalized spacial score (nSPS) is 11.5. The minimum absolute atomic E-state index is 1.12. The second kappa shape index (κ2) is 12.2. The lowest BCUT2D eigenvalue weighted by Gasteiger charge is -2.25. The summed E-state index contributed by atoms with van der Waals surface area (Å²) in [5.74, 6) is 0. The minimum Gasteiger partial charge on any atom is -0.311 e. The van der Waals surface area contributed by atoms with Gasteiger partial charge in [-0.2, -0.15) is 0 Å². The molecule has 0 saturated carbocycles. The van der Waals surface area contributed by atoms with Crippen molar-refractivity contribution in [2.75, 3.05) is 4.90 Å². The Morgan fingerprint density at radius 2 is 0.882 bits per heavy atom. The van der Waals surface area contributed by atoms with Gasteiger partial charge in [-0.25, -0.2) is 0 Å². The molecule has 2 aromatic heterocycles. The van der Waals surface area contributed by atoms with E-state index in [2.05, 4.69) is 204 Å². The summed E-state index contributed by atoms with van der Waals surface area (Å²) < 4.78 is 5.08. The lowest BCUT2D eigenvalue weighted by molar-refractivity contribution is 1.19. The van der Waals surface area contributed by atoms with Gasteiger partial charge in [0.25, 0.3) is 0 Å². The van der Waals surface area contributed by atoms with Gasteiger partial charge in [0.05, 0.1) is 11.0 Å². The quantitative estimate of drug-likeness (QED) is 0.171. The Labute approximate surface area is 300 Å². The van der Waals surface area contributed by atoms with Crippen LogP contribution in [0.1, 0.15) is 0 Å². The van der Waals surface area contributed by atoms with E-state index in [1.807, 2.05) is 11.3 Å². The fourth-order valence-electron chi connectivity index (χ4n) is 7.61. The average Bonchev–Trinajstić information content (AvgIpc) is 3.75. The molecule has 0 aliphatic carbocycles. The summed E-state index contributed by atoms with van der Waals surface area (Å²) in [6.07, 6.45) is 0. The number of nitrogens with zero attached hydrogens (tertiary/aromatic N) is 2. The molecule has 10 aromatic rings. The Morgan fingerprint density at radius 3 is 1.55 bits per heavy atom. The molecular formula is C48H32N2S. The monoisotopic (exact) mass is 668 g/mol. The number of thiophene rings is 1. The zero-order valence-electron chi connectivity index (χ0n) is 27.8. The standard InChI is InChI=1S/C48H32N2S/c1-5-13-33(14-6-1)36-24-29-45-43(32-36)47-46(51-45)30-27-41-42-31-35(23-28-44(42)50(48(41)47)39-19-11-4-12-20-39)34-21-25-40(26-22-34)49(37-15-7-2-8-16-37)38-17-9-3-10-18-38/h1-32H. The molecule has 2 heterocycles. The molecule has 0 unspecified atom stereocenters. The molecule has 0 radical (unpaired) electrons. The van der Waals surface area contributed by atoms with Crippen LogP contribution in [0.2, 0.25) is 0 Å². The predicted octanol–water partition coefficient (Wildman–Crippen LogP) is 14.0. The summed E-state index contributed by atoms with van der Waals surface area (Å²) in [7, 11) is 0. The zero-order valence-corrected chi connectivity index (χ0v) is 28.6. The number of anilines is 3. The highest BCUT2D eigenvalue weighted by Gasteiger charge is 2.19. The van der Waals surface area contributed by atoms with Gasteiger partial charge >= 0.3 is 0 Å². The highest BCUT2D eigenvalue weighted by molar-refractivity contribution is 7.26. The van der Waals surface area contributed by atoms with Gasteiger partial charge in [-0.3, -0.25) is 0 Å². The minimum atomic E-state index is 1.12. The van der Waals surface area contributed by atoms with Crippen LogP contribution in [0.4, 0.5) is 17.1 Å². The van der Waals surface area contributed by atoms with Crippen molar-refractivity contribution in [1.29, 1.82) is 0 Å². The van der Waals surface area contributed by atoms with Crippen LogP contribution >= 0.6 is 11.3 Å².